The van der Waals surface area contributed by atoms with Crippen molar-refractivity contribution < 1.29 is 23.9 Å². The maximum atomic E-state index is 13.4. The summed E-state index contributed by atoms with van der Waals surface area (Å²) in [6, 6.07) is 22.3. The molecule has 1 saturated heterocycles. The van der Waals surface area contributed by atoms with Crippen LogP contribution in [-0.2, 0) is 20.9 Å². The van der Waals surface area contributed by atoms with Crippen LogP contribution in [0.15, 0.2) is 78.9 Å². The first-order chi connectivity index (χ1) is 16.4. The van der Waals surface area contributed by atoms with E-state index in [2.05, 4.69) is 10.6 Å². The Morgan fingerprint density at radius 3 is 2.32 bits per heavy atom. The second kappa shape index (κ2) is 10.1. The molecule has 0 aromatic heterocycles. The van der Waals surface area contributed by atoms with Crippen LogP contribution in [0.4, 0.5) is 16.2 Å². The number of hydrogen-bond acceptors (Lipinski definition) is 5. The van der Waals surface area contributed by atoms with Gasteiger partial charge in [-0.15, -0.1) is 0 Å². The summed E-state index contributed by atoms with van der Waals surface area (Å²) in [5.41, 5.74) is 2.67. The number of carbonyl (C=O) groups excluding carboxylic acids is 3. The number of rotatable bonds is 7. The fourth-order valence-electron chi connectivity index (χ4n) is 3.87. The number of benzene rings is 3. The standard InChI is InChI=1S/C26H25N3O5/c1-17(30)27-21-13-11-19(12-14-21)24-23(25(31)28-20-8-4-3-5-9-20)29(26(32)34-24)16-18-7-6-10-22(15-18)33-2/h3-15,23-24H,16H2,1-2H3,(H,27,30)(H,28,31)/t23-,24-/m0/s1. The Bertz CT molecular complexity index is 1180. The van der Waals surface area contributed by atoms with E-state index in [0.29, 0.717) is 22.7 Å². The van der Waals surface area contributed by atoms with Crippen LogP contribution in [0, 0.1) is 0 Å². The van der Waals surface area contributed by atoms with E-state index < -0.39 is 18.2 Å². The molecule has 0 spiro atoms. The third-order valence-corrected chi connectivity index (χ3v) is 5.44. The molecule has 3 aromatic carbocycles. The number of cyclic esters (lactones) is 1. The lowest BCUT2D eigenvalue weighted by atomic mass is 10.00. The zero-order valence-electron chi connectivity index (χ0n) is 18.9. The fourth-order valence-corrected chi connectivity index (χ4v) is 3.87. The van der Waals surface area contributed by atoms with Crippen molar-refractivity contribution in [2.75, 3.05) is 17.7 Å². The molecule has 0 unspecified atom stereocenters. The highest BCUT2D eigenvalue weighted by molar-refractivity contribution is 5.98. The van der Waals surface area contributed by atoms with Crippen LogP contribution in [0.25, 0.3) is 0 Å². The smallest absolute Gasteiger partial charge is 0.411 e. The number of carbonyl (C=O) groups is 3. The molecule has 0 saturated carbocycles. The van der Waals surface area contributed by atoms with Crippen molar-refractivity contribution in [1.29, 1.82) is 0 Å². The zero-order valence-corrected chi connectivity index (χ0v) is 18.9. The lowest BCUT2D eigenvalue weighted by Gasteiger charge is -2.24. The molecule has 4 rings (SSSR count). The van der Waals surface area contributed by atoms with E-state index in [1.54, 1.807) is 43.5 Å². The van der Waals surface area contributed by atoms with Gasteiger partial charge in [-0.1, -0.05) is 42.5 Å². The molecule has 8 heteroatoms. The maximum absolute atomic E-state index is 13.4. The summed E-state index contributed by atoms with van der Waals surface area (Å²) >= 11 is 0. The van der Waals surface area contributed by atoms with Crippen molar-refractivity contribution in [3.8, 4) is 5.75 Å². The first-order valence-electron chi connectivity index (χ1n) is 10.8. The van der Waals surface area contributed by atoms with Crippen LogP contribution >= 0.6 is 0 Å². The molecule has 1 aliphatic heterocycles. The van der Waals surface area contributed by atoms with Gasteiger partial charge in [-0.3, -0.25) is 14.5 Å². The number of anilines is 2. The molecular formula is C26H25N3O5. The molecule has 1 aliphatic rings. The van der Waals surface area contributed by atoms with E-state index in [0.717, 1.165) is 5.56 Å². The predicted molar refractivity (Wildman–Crippen MR) is 127 cm³/mol. The Balaban J connectivity index is 1.64. The minimum Gasteiger partial charge on any atom is -0.497 e. The minimum absolute atomic E-state index is 0.170. The molecule has 0 aliphatic carbocycles. The average molecular weight is 460 g/mol. The zero-order chi connectivity index (χ0) is 24.1. The second-order valence-corrected chi connectivity index (χ2v) is 7.89. The summed E-state index contributed by atoms with van der Waals surface area (Å²) in [7, 11) is 1.57. The molecule has 8 nitrogen and oxygen atoms in total. The number of hydrogen-bond donors (Lipinski definition) is 2. The SMILES string of the molecule is COc1cccc(CN2C(=O)O[C@@H](c3ccc(NC(C)=O)cc3)[C@H]2C(=O)Nc2ccccc2)c1. The lowest BCUT2D eigenvalue weighted by molar-refractivity contribution is -0.121. The van der Waals surface area contributed by atoms with Crippen LogP contribution in [0.5, 0.6) is 5.75 Å². The van der Waals surface area contributed by atoms with Gasteiger partial charge in [-0.2, -0.15) is 0 Å². The molecule has 1 heterocycles. The monoisotopic (exact) mass is 459 g/mol. The second-order valence-electron chi connectivity index (χ2n) is 7.89. The Hall–Kier alpha value is -4.33. The number of ether oxygens (including phenoxy) is 2. The van der Waals surface area contributed by atoms with Gasteiger partial charge in [0.05, 0.1) is 13.7 Å². The Kier molecular flexibility index (Phi) is 6.77. The van der Waals surface area contributed by atoms with Crippen LogP contribution in [0.1, 0.15) is 24.2 Å². The molecule has 0 bridgehead atoms. The highest BCUT2D eigenvalue weighted by atomic mass is 16.6. The van der Waals surface area contributed by atoms with Gasteiger partial charge in [-0.25, -0.2) is 4.79 Å². The Morgan fingerprint density at radius 1 is 0.941 bits per heavy atom. The number of nitrogens with one attached hydrogen (secondary N) is 2. The quantitative estimate of drug-likeness (QED) is 0.547. The van der Waals surface area contributed by atoms with Crippen molar-refractivity contribution in [3.63, 3.8) is 0 Å². The van der Waals surface area contributed by atoms with E-state index in [1.165, 1.54) is 11.8 Å². The molecule has 1 fully saturated rings. The average Bonchev–Trinajstić information content (AvgIpc) is 3.16. The molecular weight excluding hydrogens is 434 g/mol. The molecule has 2 N–H and O–H groups in total. The van der Waals surface area contributed by atoms with Gasteiger partial charge in [0.1, 0.15) is 5.75 Å². The third kappa shape index (κ3) is 5.17. The molecule has 34 heavy (non-hydrogen) atoms. The van der Waals surface area contributed by atoms with Gasteiger partial charge in [0.15, 0.2) is 12.1 Å². The molecule has 0 radical (unpaired) electrons. The summed E-state index contributed by atoms with van der Waals surface area (Å²) in [5.74, 6) is 0.0981. The molecule has 3 amide bonds. The van der Waals surface area contributed by atoms with Crippen molar-refractivity contribution in [3.05, 3.63) is 90.0 Å². The molecule has 3 aromatic rings. The highest BCUT2D eigenvalue weighted by Gasteiger charge is 2.47. The van der Waals surface area contributed by atoms with Gasteiger partial charge in [0.25, 0.3) is 5.91 Å². The number of para-hydroxylation sites is 1. The fraction of sp³-hybridized carbons (Fsp3) is 0.192. The third-order valence-electron chi connectivity index (χ3n) is 5.44. The largest absolute Gasteiger partial charge is 0.497 e. The van der Waals surface area contributed by atoms with Crippen LogP contribution in [0.2, 0.25) is 0 Å². The van der Waals surface area contributed by atoms with Crippen molar-refractivity contribution >= 4 is 29.3 Å². The van der Waals surface area contributed by atoms with Gasteiger partial charge in [0.2, 0.25) is 5.91 Å². The molecule has 174 valence electrons. The van der Waals surface area contributed by atoms with E-state index >= 15 is 0 Å². The van der Waals surface area contributed by atoms with Gasteiger partial charge in [-0.05, 0) is 47.5 Å². The normalized spacial score (nSPS) is 17.1. The highest BCUT2D eigenvalue weighted by Crippen LogP contribution is 2.35. The lowest BCUT2D eigenvalue weighted by Crippen LogP contribution is -2.43. The Labute approximate surface area is 197 Å². The van der Waals surface area contributed by atoms with E-state index in [4.69, 9.17) is 9.47 Å². The van der Waals surface area contributed by atoms with Crippen LogP contribution in [0.3, 0.4) is 0 Å². The summed E-state index contributed by atoms with van der Waals surface area (Å²) in [6.45, 7) is 1.59. The first-order valence-corrected chi connectivity index (χ1v) is 10.8. The van der Waals surface area contributed by atoms with Crippen LogP contribution < -0.4 is 15.4 Å². The van der Waals surface area contributed by atoms with E-state index in [1.807, 2.05) is 42.5 Å². The minimum atomic E-state index is -0.912. The number of methoxy groups -OCH3 is 1. The van der Waals surface area contributed by atoms with E-state index in [9.17, 15) is 14.4 Å². The topological polar surface area (TPSA) is 97.0 Å². The number of nitrogens with zero attached hydrogens (tertiary/aromatic N) is 1. The molecule has 2 atom stereocenters. The summed E-state index contributed by atoms with van der Waals surface area (Å²) in [6.07, 6.45) is -1.42. The van der Waals surface area contributed by atoms with Crippen molar-refractivity contribution in [2.45, 2.75) is 25.6 Å². The summed E-state index contributed by atoms with van der Waals surface area (Å²) < 4.78 is 11.0. The summed E-state index contributed by atoms with van der Waals surface area (Å²) in [4.78, 5) is 39.1. The Morgan fingerprint density at radius 2 is 1.65 bits per heavy atom. The van der Waals surface area contributed by atoms with Gasteiger partial charge in [0, 0.05) is 18.3 Å². The van der Waals surface area contributed by atoms with Crippen LogP contribution in [-0.4, -0.2) is 36.0 Å². The van der Waals surface area contributed by atoms with Gasteiger partial charge >= 0.3 is 6.09 Å². The predicted octanol–water partition coefficient (Wildman–Crippen LogP) is 4.35. The number of amides is 3. The maximum Gasteiger partial charge on any atom is 0.411 e. The van der Waals surface area contributed by atoms with Gasteiger partial charge < -0.3 is 20.1 Å². The van der Waals surface area contributed by atoms with E-state index in [-0.39, 0.29) is 18.4 Å². The summed E-state index contributed by atoms with van der Waals surface area (Å²) in [5, 5.41) is 5.59. The first kappa shape index (κ1) is 22.8. The van der Waals surface area contributed by atoms with Crippen molar-refractivity contribution in [1.82, 2.24) is 4.90 Å². The van der Waals surface area contributed by atoms with Crippen molar-refractivity contribution in [2.24, 2.45) is 0 Å².